The minimum atomic E-state index is -4.44. The van der Waals surface area contributed by atoms with Gasteiger partial charge in [0.25, 0.3) is 0 Å². The number of hydrogen-bond acceptors (Lipinski definition) is 7. The largest absolute Gasteiger partial charge is 0.406 e. The molecule has 13 heteroatoms. The van der Waals surface area contributed by atoms with E-state index in [0.29, 0.717) is 32.1 Å². The molecule has 0 radical (unpaired) electrons. The maximum Gasteiger partial charge on any atom is 0.406 e. The Bertz CT molecular complexity index is 811. The molecule has 152 valence electrons. The molecule has 0 aliphatic carbocycles. The highest BCUT2D eigenvalue weighted by molar-refractivity contribution is 9.10. The molecule has 0 aromatic carbocycles. The third-order valence-electron chi connectivity index (χ3n) is 3.66. The van der Waals surface area contributed by atoms with Crippen LogP contribution in [0.1, 0.15) is 0 Å². The normalized spacial score (nSPS) is 14.9. The third-order valence-corrected chi connectivity index (χ3v) is 5.09. The Labute approximate surface area is 171 Å². The van der Waals surface area contributed by atoms with Gasteiger partial charge in [-0.15, -0.1) is 10.2 Å². The van der Waals surface area contributed by atoms with Crippen LogP contribution in [-0.2, 0) is 16.1 Å². The number of anilines is 2. The van der Waals surface area contributed by atoms with Crippen molar-refractivity contribution in [2.45, 2.75) is 17.9 Å². The maximum absolute atomic E-state index is 13.0. The molecule has 3 rings (SSSR count). The van der Waals surface area contributed by atoms with Crippen molar-refractivity contribution in [1.29, 1.82) is 0 Å². The number of amides is 1. The summed E-state index contributed by atoms with van der Waals surface area (Å²) in [6.07, 6.45) is -2.92. The first-order valence-corrected chi connectivity index (χ1v) is 9.96. The van der Waals surface area contributed by atoms with Gasteiger partial charge in [-0.2, -0.15) is 13.2 Å². The number of rotatable bonds is 6. The average molecular weight is 481 g/mol. The molecule has 1 N–H and O–H groups in total. The number of halogens is 4. The molecule has 28 heavy (non-hydrogen) atoms. The van der Waals surface area contributed by atoms with E-state index in [1.807, 2.05) is 0 Å². The van der Waals surface area contributed by atoms with Crippen molar-refractivity contribution in [2.24, 2.45) is 0 Å². The van der Waals surface area contributed by atoms with E-state index in [1.165, 1.54) is 6.20 Å². The van der Waals surface area contributed by atoms with Gasteiger partial charge in [-0.3, -0.25) is 9.36 Å². The van der Waals surface area contributed by atoms with Gasteiger partial charge in [0.15, 0.2) is 5.16 Å². The number of pyridine rings is 1. The van der Waals surface area contributed by atoms with Crippen LogP contribution in [-0.4, -0.2) is 63.9 Å². The van der Waals surface area contributed by atoms with Gasteiger partial charge in [0.05, 0.1) is 19.0 Å². The van der Waals surface area contributed by atoms with Crippen LogP contribution in [0.2, 0.25) is 0 Å². The first-order chi connectivity index (χ1) is 13.3. The topological polar surface area (TPSA) is 85.2 Å². The molecular formula is C15H16BrF3N6O2S. The number of thioether (sulfide) groups is 1. The van der Waals surface area contributed by atoms with E-state index in [2.05, 4.69) is 36.4 Å². The summed E-state index contributed by atoms with van der Waals surface area (Å²) in [6, 6.07) is 3.32. The summed E-state index contributed by atoms with van der Waals surface area (Å²) >= 11 is 4.12. The van der Waals surface area contributed by atoms with E-state index in [0.717, 1.165) is 20.8 Å². The zero-order chi connectivity index (χ0) is 20.1. The molecule has 0 saturated carbocycles. The number of nitrogens with zero attached hydrogens (tertiary/aromatic N) is 5. The summed E-state index contributed by atoms with van der Waals surface area (Å²) < 4.78 is 46.1. The molecular weight excluding hydrogens is 465 g/mol. The summed E-state index contributed by atoms with van der Waals surface area (Å²) in [7, 11) is 0. The van der Waals surface area contributed by atoms with Gasteiger partial charge in [0.2, 0.25) is 11.9 Å². The van der Waals surface area contributed by atoms with Gasteiger partial charge in [-0.1, -0.05) is 11.8 Å². The second-order valence-corrected chi connectivity index (χ2v) is 7.64. The van der Waals surface area contributed by atoms with Gasteiger partial charge in [0, 0.05) is 23.8 Å². The fraction of sp³-hybridized carbons (Fsp3) is 0.467. The molecule has 1 aliphatic rings. The van der Waals surface area contributed by atoms with Gasteiger partial charge >= 0.3 is 6.18 Å². The predicted molar refractivity (Wildman–Crippen MR) is 100 cm³/mol. The van der Waals surface area contributed by atoms with E-state index >= 15 is 0 Å². The van der Waals surface area contributed by atoms with Crippen molar-refractivity contribution < 1.29 is 22.7 Å². The first-order valence-electron chi connectivity index (χ1n) is 8.19. The molecule has 0 spiro atoms. The van der Waals surface area contributed by atoms with Crippen molar-refractivity contribution in [3.05, 3.63) is 22.8 Å². The molecule has 1 aliphatic heterocycles. The second kappa shape index (κ2) is 9.09. The van der Waals surface area contributed by atoms with Crippen LogP contribution < -0.4 is 10.2 Å². The van der Waals surface area contributed by atoms with Crippen LogP contribution in [0.5, 0.6) is 0 Å². The lowest BCUT2D eigenvalue weighted by Crippen LogP contribution is -2.38. The Morgan fingerprint density at radius 1 is 1.29 bits per heavy atom. The zero-order valence-electron chi connectivity index (χ0n) is 14.4. The maximum atomic E-state index is 13.0. The Morgan fingerprint density at radius 3 is 2.68 bits per heavy atom. The Hall–Kier alpha value is -1.86. The van der Waals surface area contributed by atoms with E-state index in [4.69, 9.17) is 4.74 Å². The van der Waals surface area contributed by atoms with E-state index in [9.17, 15) is 18.0 Å². The van der Waals surface area contributed by atoms with Crippen molar-refractivity contribution >= 4 is 45.4 Å². The quantitative estimate of drug-likeness (QED) is 0.635. The molecule has 0 atom stereocenters. The highest BCUT2D eigenvalue weighted by atomic mass is 79.9. The third kappa shape index (κ3) is 5.82. The lowest BCUT2D eigenvalue weighted by molar-refractivity contribution is -0.141. The van der Waals surface area contributed by atoms with Crippen molar-refractivity contribution in [3.8, 4) is 0 Å². The molecule has 2 aromatic rings. The SMILES string of the molecule is O=C(CSc1nnc(N2CCOCC2)n1CC(F)(F)F)Nc1ccc(Br)cn1. The Balaban J connectivity index is 1.68. The Kier molecular flexibility index (Phi) is 6.78. The molecule has 1 fully saturated rings. The van der Waals surface area contributed by atoms with Crippen LogP contribution in [0.3, 0.4) is 0 Å². The van der Waals surface area contributed by atoms with Crippen LogP contribution >= 0.6 is 27.7 Å². The number of aromatic nitrogens is 4. The number of morpholine rings is 1. The molecule has 1 saturated heterocycles. The molecule has 1 amide bonds. The minimum absolute atomic E-state index is 0.0257. The highest BCUT2D eigenvalue weighted by Crippen LogP contribution is 2.28. The van der Waals surface area contributed by atoms with Crippen LogP contribution in [0.4, 0.5) is 24.9 Å². The van der Waals surface area contributed by atoms with Crippen molar-refractivity contribution in [3.63, 3.8) is 0 Å². The summed E-state index contributed by atoms with van der Waals surface area (Å²) in [4.78, 5) is 17.8. The monoisotopic (exact) mass is 480 g/mol. The summed E-state index contributed by atoms with van der Waals surface area (Å²) in [5.74, 6) is -0.0661. The summed E-state index contributed by atoms with van der Waals surface area (Å²) in [5.41, 5.74) is 0. The zero-order valence-corrected chi connectivity index (χ0v) is 16.8. The van der Waals surface area contributed by atoms with Gasteiger partial charge in [-0.05, 0) is 28.1 Å². The molecule has 8 nitrogen and oxygen atoms in total. The van der Waals surface area contributed by atoms with Crippen molar-refractivity contribution in [2.75, 3.05) is 42.3 Å². The number of ether oxygens (including phenoxy) is 1. The minimum Gasteiger partial charge on any atom is -0.378 e. The van der Waals surface area contributed by atoms with Crippen LogP contribution in [0.25, 0.3) is 0 Å². The molecule has 2 aromatic heterocycles. The average Bonchev–Trinajstić information content (AvgIpc) is 3.03. The molecule has 3 heterocycles. The smallest absolute Gasteiger partial charge is 0.378 e. The second-order valence-electron chi connectivity index (χ2n) is 5.78. The van der Waals surface area contributed by atoms with Crippen LogP contribution in [0.15, 0.2) is 28.0 Å². The number of hydrogen-bond donors (Lipinski definition) is 1. The van der Waals surface area contributed by atoms with Gasteiger partial charge in [-0.25, -0.2) is 4.98 Å². The number of carbonyl (C=O) groups excluding carboxylic acids is 1. The standard InChI is InChI=1S/C15H16BrF3N6O2S/c16-10-1-2-11(20-7-10)21-12(26)8-28-14-23-22-13(24-3-5-27-6-4-24)25(14)9-15(17,18)19/h1-2,7H,3-6,8-9H2,(H,20,21,26). The number of nitrogens with one attached hydrogen (secondary N) is 1. The van der Waals surface area contributed by atoms with E-state index in [-0.39, 0.29) is 16.9 Å². The number of carbonyl (C=O) groups is 1. The van der Waals surface area contributed by atoms with Gasteiger partial charge < -0.3 is 15.0 Å². The lowest BCUT2D eigenvalue weighted by Gasteiger charge is -2.28. The van der Waals surface area contributed by atoms with E-state index in [1.54, 1.807) is 17.0 Å². The molecule has 0 unspecified atom stereocenters. The number of alkyl halides is 3. The first kappa shape index (κ1) is 20.9. The van der Waals surface area contributed by atoms with Crippen LogP contribution in [0, 0.1) is 0 Å². The van der Waals surface area contributed by atoms with Gasteiger partial charge in [0.1, 0.15) is 12.4 Å². The van der Waals surface area contributed by atoms with E-state index < -0.39 is 18.6 Å². The van der Waals surface area contributed by atoms with Crippen molar-refractivity contribution in [1.82, 2.24) is 19.7 Å². The molecule has 0 bridgehead atoms. The highest BCUT2D eigenvalue weighted by Gasteiger charge is 2.33. The summed E-state index contributed by atoms with van der Waals surface area (Å²) in [6.45, 7) is 0.436. The fourth-order valence-corrected chi connectivity index (χ4v) is 3.43. The predicted octanol–water partition coefficient (Wildman–Crippen LogP) is 2.57. The lowest BCUT2D eigenvalue weighted by atomic mass is 10.4. The summed E-state index contributed by atoms with van der Waals surface area (Å²) in [5, 5.41) is 10.4. The fourth-order valence-electron chi connectivity index (χ4n) is 2.46. The Morgan fingerprint density at radius 2 is 2.04 bits per heavy atom.